The van der Waals surface area contributed by atoms with E-state index >= 15 is 0 Å². The van der Waals surface area contributed by atoms with E-state index in [9.17, 15) is 5.11 Å². The molecule has 0 aliphatic rings. The smallest absolute Gasteiger partial charge is 0.136 e. The Bertz CT molecular complexity index is 2660. The number of pyridine rings is 2. The monoisotopic (exact) mass is 1030 g/mol. The van der Waals surface area contributed by atoms with E-state index in [1.54, 1.807) is 0 Å². The zero-order valence-electron chi connectivity index (χ0n) is 40.4. The Morgan fingerprint density at radius 2 is 1.02 bits per heavy atom. The van der Waals surface area contributed by atoms with E-state index in [0.717, 1.165) is 61.8 Å². The molecule has 5 heteroatoms. The molecule has 2 aromatic heterocycles. The van der Waals surface area contributed by atoms with Crippen LogP contribution in [0.25, 0.3) is 33.6 Å². The summed E-state index contributed by atoms with van der Waals surface area (Å²) in [5.74, 6) is 1.05. The van der Waals surface area contributed by atoms with Crippen molar-refractivity contribution in [2.75, 3.05) is 4.90 Å². The number of anilines is 3. The van der Waals surface area contributed by atoms with Crippen LogP contribution in [0.2, 0.25) is 0 Å². The number of phenols is 1. The molecule has 334 valence electrons. The minimum absolute atomic E-state index is 0. The van der Waals surface area contributed by atoms with Gasteiger partial charge in [0.2, 0.25) is 0 Å². The summed E-state index contributed by atoms with van der Waals surface area (Å²) in [7, 11) is 0. The van der Waals surface area contributed by atoms with Crippen molar-refractivity contribution in [1.82, 2.24) is 9.97 Å². The van der Waals surface area contributed by atoms with Crippen LogP contribution in [-0.4, -0.2) is 15.1 Å². The van der Waals surface area contributed by atoms with Crippen LogP contribution in [0.15, 0.2) is 140 Å². The van der Waals surface area contributed by atoms with Gasteiger partial charge in [-0.3, -0.25) is 4.98 Å². The maximum atomic E-state index is 12.4. The predicted octanol–water partition coefficient (Wildman–Crippen LogP) is 16.0. The molecule has 0 spiro atoms. The first-order valence-electron chi connectivity index (χ1n) is 22.4. The maximum absolute atomic E-state index is 12.4. The molecule has 64 heavy (non-hydrogen) atoms. The van der Waals surface area contributed by atoms with Gasteiger partial charge in [0, 0.05) is 44.1 Å². The zero-order chi connectivity index (χ0) is 45.7. The first kappa shape index (κ1) is 48.2. The third kappa shape index (κ3) is 10.3. The quantitative estimate of drug-likeness (QED) is 0.154. The summed E-state index contributed by atoms with van der Waals surface area (Å²) in [5, 5.41) is 12.4. The van der Waals surface area contributed by atoms with E-state index < -0.39 is 5.41 Å². The molecule has 0 radical (unpaired) electrons. The summed E-state index contributed by atoms with van der Waals surface area (Å²) < 4.78 is 0. The van der Waals surface area contributed by atoms with Crippen molar-refractivity contribution in [1.29, 1.82) is 0 Å². The van der Waals surface area contributed by atoms with Crippen molar-refractivity contribution < 1.29 is 26.2 Å². The van der Waals surface area contributed by atoms with Gasteiger partial charge in [0.25, 0.3) is 0 Å². The number of hydrogen-bond donors (Lipinski definition) is 1. The summed E-state index contributed by atoms with van der Waals surface area (Å²) in [4.78, 5) is 12.6. The van der Waals surface area contributed by atoms with Crippen molar-refractivity contribution in [3.63, 3.8) is 0 Å². The van der Waals surface area contributed by atoms with Gasteiger partial charge in [-0.25, -0.2) is 4.98 Å². The number of phenolic OH excluding ortho intramolecular Hbond substituents is 1. The predicted molar refractivity (Wildman–Crippen MR) is 267 cm³/mol. The molecular weight excluding hydrogens is 962 g/mol. The van der Waals surface area contributed by atoms with Gasteiger partial charge in [-0.05, 0) is 108 Å². The van der Waals surface area contributed by atoms with Gasteiger partial charge in [-0.1, -0.05) is 182 Å². The van der Waals surface area contributed by atoms with Gasteiger partial charge in [-0.15, -0.1) is 29.3 Å². The molecule has 5 aromatic carbocycles. The number of para-hydroxylation sites is 1. The van der Waals surface area contributed by atoms with E-state index in [1.807, 2.05) is 30.5 Å². The fraction of sp³-hybridized carbons (Fsp3) is 0.322. The topological polar surface area (TPSA) is 49.2 Å². The molecule has 0 aliphatic heterocycles. The second kappa shape index (κ2) is 17.9. The van der Waals surface area contributed by atoms with Crippen molar-refractivity contribution >= 4 is 17.2 Å². The largest absolute Gasteiger partial charge is 0.507 e. The summed E-state index contributed by atoms with van der Waals surface area (Å²) in [5.41, 5.74) is 12.9. The molecule has 1 N–H and O–H groups in total. The number of nitrogens with zero attached hydrogens (tertiary/aromatic N) is 3. The second-order valence-electron chi connectivity index (χ2n) is 21.9. The van der Waals surface area contributed by atoms with Crippen molar-refractivity contribution in [2.45, 2.75) is 124 Å². The summed E-state index contributed by atoms with van der Waals surface area (Å²) in [6.45, 7) is 31.4. The van der Waals surface area contributed by atoms with Crippen LogP contribution in [0.5, 0.6) is 5.75 Å². The van der Waals surface area contributed by atoms with Crippen molar-refractivity contribution in [3.05, 3.63) is 179 Å². The van der Waals surface area contributed by atoms with E-state index in [-0.39, 0.29) is 48.5 Å². The molecule has 7 rings (SSSR count). The van der Waals surface area contributed by atoms with Gasteiger partial charge < -0.3 is 10.0 Å². The standard InChI is InChI=1S/C59H66N3O.Pt/c1-55(2,3)43-29-39(30-44(35-43)56(4,5)6)40-33-51(61-52(34-40)49-37-45(57(7,8)9)38-50(54(49)63)58(10,11)12)41-31-46(59(13,14)42-23-17-15-18-24-42)36-48(32-41)62(47-25-19-16-20-26-47)53-27-21-22-28-60-53;/h15-31,33-38,63H,1-14H3;/q-1;. The van der Waals surface area contributed by atoms with Gasteiger partial charge >= 0.3 is 0 Å². The van der Waals surface area contributed by atoms with Crippen LogP contribution in [0, 0.1) is 6.07 Å². The molecule has 0 fully saturated rings. The molecule has 7 aromatic rings. The normalized spacial score (nSPS) is 12.5. The Balaban J connectivity index is 0.00000680. The Morgan fingerprint density at radius 3 is 1.56 bits per heavy atom. The third-order valence-corrected chi connectivity index (χ3v) is 12.4. The molecule has 4 nitrogen and oxygen atoms in total. The Labute approximate surface area is 398 Å². The van der Waals surface area contributed by atoms with Crippen LogP contribution >= 0.6 is 0 Å². The van der Waals surface area contributed by atoms with Gasteiger partial charge in [0.05, 0.1) is 5.69 Å². The number of hydrogen-bond acceptors (Lipinski definition) is 4. The molecule has 0 saturated heterocycles. The molecule has 0 bridgehead atoms. The van der Waals surface area contributed by atoms with E-state index in [2.05, 4.69) is 217 Å². The van der Waals surface area contributed by atoms with E-state index in [0.29, 0.717) is 5.69 Å². The summed E-state index contributed by atoms with van der Waals surface area (Å²) >= 11 is 0. The summed E-state index contributed by atoms with van der Waals surface area (Å²) in [6, 6.07) is 51.2. The maximum Gasteiger partial charge on any atom is 0.136 e. The minimum atomic E-state index is -0.393. The average molecular weight is 1030 g/mol. The average Bonchev–Trinajstić information content (AvgIpc) is 3.23. The molecule has 0 saturated carbocycles. The third-order valence-electron chi connectivity index (χ3n) is 12.4. The Morgan fingerprint density at radius 1 is 0.484 bits per heavy atom. The molecule has 0 aliphatic carbocycles. The molecule has 0 atom stereocenters. The Hall–Kier alpha value is -5.31. The first-order chi connectivity index (χ1) is 29.4. The number of rotatable bonds is 8. The number of aromatic hydroxyl groups is 1. The number of benzene rings is 5. The van der Waals surface area contributed by atoms with E-state index in [1.165, 1.54) is 16.7 Å². The SMILES string of the molecule is CC(C)(C)c1cc(-c2cc(-c3[c-]c(N(c4ccccc4)c4ccccn4)cc(C(C)(C)c4ccccc4)c3)nc(-c3cc(C(C)(C)C)cc(C(C)(C)C)c3O)c2)cc(C(C)(C)C)c1.[Pt]. The van der Waals surface area contributed by atoms with Crippen molar-refractivity contribution in [3.8, 4) is 39.4 Å². The van der Waals surface area contributed by atoms with Crippen molar-refractivity contribution in [2.24, 2.45) is 0 Å². The van der Waals surface area contributed by atoms with Crippen LogP contribution in [0.4, 0.5) is 17.2 Å². The molecular formula is C59H66N3OPt-. The van der Waals surface area contributed by atoms with Crippen LogP contribution in [0.3, 0.4) is 0 Å². The molecule has 0 unspecified atom stereocenters. The fourth-order valence-corrected chi connectivity index (χ4v) is 8.12. The van der Waals surface area contributed by atoms with Gasteiger partial charge in [0.1, 0.15) is 11.6 Å². The van der Waals surface area contributed by atoms with Crippen LogP contribution in [0.1, 0.15) is 130 Å². The van der Waals surface area contributed by atoms with Gasteiger partial charge in [-0.2, -0.15) is 0 Å². The zero-order valence-corrected chi connectivity index (χ0v) is 42.7. The molecule has 0 amide bonds. The van der Waals surface area contributed by atoms with Crippen LogP contribution in [-0.2, 0) is 48.1 Å². The van der Waals surface area contributed by atoms with E-state index in [4.69, 9.17) is 9.97 Å². The second-order valence-corrected chi connectivity index (χ2v) is 21.9. The van der Waals surface area contributed by atoms with Crippen LogP contribution < -0.4 is 4.90 Å². The first-order valence-corrected chi connectivity index (χ1v) is 22.4. The van der Waals surface area contributed by atoms with Gasteiger partial charge in [0.15, 0.2) is 0 Å². The number of aromatic nitrogens is 2. The molecule has 2 heterocycles. The summed E-state index contributed by atoms with van der Waals surface area (Å²) in [6.07, 6.45) is 1.84. The fourth-order valence-electron chi connectivity index (χ4n) is 8.12. The minimum Gasteiger partial charge on any atom is -0.507 e. The Kier molecular flexibility index (Phi) is 13.5.